The topological polar surface area (TPSA) is 82.4 Å². The van der Waals surface area contributed by atoms with Crippen molar-refractivity contribution in [2.24, 2.45) is 4.99 Å². The lowest BCUT2D eigenvalue weighted by molar-refractivity contribution is -0.166. The minimum atomic E-state index is -1.50. The lowest BCUT2D eigenvalue weighted by Gasteiger charge is -2.45. The lowest BCUT2D eigenvalue weighted by Crippen LogP contribution is -2.67. The number of likely N-dealkylation sites (tertiary alicyclic amines) is 1. The molecule has 0 radical (unpaired) electrons. The van der Waals surface area contributed by atoms with E-state index in [2.05, 4.69) is 18.0 Å². The summed E-state index contributed by atoms with van der Waals surface area (Å²) in [7, 11) is 3.42. The molecule has 1 amide bonds. The number of nitrogens with zero attached hydrogens (tertiary/aromatic N) is 4. The van der Waals surface area contributed by atoms with Crippen LogP contribution in [0.15, 0.2) is 29.3 Å². The maximum Gasteiger partial charge on any atom is 0.386 e. The Morgan fingerprint density at radius 3 is 2.42 bits per heavy atom. The van der Waals surface area contributed by atoms with Gasteiger partial charge in [-0.3, -0.25) is 4.90 Å². The number of aliphatic hydroxyl groups is 1. The first-order valence-electron chi connectivity index (χ1n) is 14.8. The molecule has 1 aromatic rings. The predicted molar refractivity (Wildman–Crippen MR) is 147 cm³/mol. The van der Waals surface area contributed by atoms with Gasteiger partial charge in [-0.1, -0.05) is 44.2 Å². The maximum absolute atomic E-state index is 14.5. The Morgan fingerprint density at radius 1 is 1.03 bits per heavy atom. The van der Waals surface area contributed by atoms with Gasteiger partial charge in [0.15, 0.2) is 11.3 Å². The summed E-state index contributed by atoms with van der Waals surface area (Å²) in [6, 6.07) is 9.96. The molecule has 206 valence electrons. The van der Waals surface area contributed by atoms with Gasteiger partial charge >= 0.3 is 11.9 Å². The molecule has 1 saturated carbocycles. The van der Waals surface area contributed by atoms with Crippen LogP contribution in [0.5, 0.6) is 0 Å². The predicted octanol–water partition coefficient (Wildman–Crippen LogP) is 3.91. The fourth-order valence-electron chi connectivity index (χ4n) is 8.30. The molecule has 0 spiro atoms. The number of para-hydroxylation sites is 2. The molecular formula is C30H43N4O4+. The van der Waals surface area contributed by atoms with Crippen LogP contribution >= 0.6 is 0 Å². The molecule has 0 aromatic heterocycles. The Balaban J connectivity index is 1.30. The van der Waals surface area contributed by atoms with Gasteiger partial charge in [0.25, 0.3) is 0 Å². The van der Waals surface area contributed by atoms with Crippen LogP contribution in [0.2, 0.25) is 0 Å². The van der Waals surface area contributed by atoms with Crippen molar-refractivity contribution in [2.45, 2.75) is 107 Å². The molecule has 8 nitrogen and oxygen atoms in total. The zero-order valence-electron chi connectivity index (χ0n) is 23.0. The zero-order chi connectivity index (χ0) is 26.5. The van der Waals surface area contributed by atoms with Crippen molar-refractivity contribution >= 4 is 29.1 Å². The molecule has 4 atom stereocenters. The number of amidine groups is 1. The maximum atomic E-state index is 14.5. The SMILES string of the molecule is COC(=O)C1(O)CCN(C2=Nc3ccccc3[N+](C)([C@@H]3C[C@@H]4CCC3N4C3CCCCCCC3)C2=O)CC1. The molecule has 4 aliphatic heterocycles. The third kappa shape index (κ3) is 4.11. The second-order valence-electron chi connectivity index (χ2n) is 12.4. The van der Waals surface area contributed by atoms with Gasteiger partial charge in [0.05, 0.1) is 20.2 Å². The Labute approximate surface area is 226 Å². The van der Waals surface area contributed by atoms with E-state index in [0.29, 0.717) is 37.1 Å². The molecule has 1 N–H and O–H groups in total. The summed E-state index contributed by atoms with van der Waals surface area (Å²) in [4.78, 5) is 36.4. The summed E-state index contributed by atoms with van der Waals surface area (Å²) in [5, 5.41) is 10.8. The highest BCUT2D eigenvalue weighted by molar-refractivity contribution is 6.42. The summed E-state index contributed by atoms with van der Waals surface area (Å²) >= 11 is 0. The standard InChI is InChI=1S/C30H43N4O4/c1-34(26-20-22-14-15-24(26)33(22)21-10-6-4-3-5-7-11-21)25-13-9-8-12-23(25)31-27(28(34)35)32-18-16-30(37,17-19-32)29(36)38-2/h8-9,12-13,21-22,24,26,37H,3-7,10-11,14-20H2,1-2H3/q+1/t22-,24?,26+,34?/m0/s1. The number of amides is 1. The van der Waals surface area contributed by atoms with E-state index >= 15 is 0 Å². The van der Waals surface area contributed by atoms with E-state index in [1.165, 1.54) is 58.5 Å². The molecule has 2 unspecified atom stereocenters. The van der Waals surface area contributed by atoms with E-state index in [1.54, 1.807) is 0 Å². The minimum Gasteiger partial charge on any atom is -0.467 e. The first-order valence-corrected chi connectivity index (χ1v) is 14.8. The molecule has 1 aromatic carbocycles. The first-order chi connectivity index (χ1) is 18.4. The van der Waals surface area contributed by atoms with Crippen molar-refractivity contribution in [3.8, 4) is 0 Å². The molecule has 8 heteroatoms. The number of rotatable bonds is 3. The number of hydrogen-bond donors (Lipinski definition) is 1. The van der Waals surface area contributed by atoms with Crippen LogP contribution in [0.4, 0.5) is 11.4 Å². The molecule has 2 bridgehead atoms. The van der Waals surface area contributed by atoms with Gasteiger partial charge in [-0.15, -0.1) is 0 Å². The van der Waals surface area contributed by atoms with Crippen molar-refractivity contribution in [3.05, 3.63) is 24.3 Å². The number of likely N-dealkylation sites (N-methyl/N-ethyl adjacent to an activating group) is 1. The highest BCUT2D eigenvalue weighted by Gasteiger charge is 2.61. The second kappa shape index (κ2) is 10.0. The van der Waals surface area contributed by atoms with Crippen molar-refractivity contribution in [3.63, 3.8) is 0 Å². The summed E-state index contributed by atoms with van der Waals surface area (Å²) in [5.74, 6) is -0.0860. The number of aliphatic imine (C=N–C) groups is 1. The quantitative estimate of drug-likeness (QED) is 0.478. The normalized spacial score (nSPS) is 33.9. The number of carbonyl (C=O) groups excluding carboxylic acids is 2. The van der Waals surface area contributed by atoms with Crippen LogP contribution in [0.3, 0.4) is 0 Å². The van der Waals surface area contributed by atoms with Crippen molar-refractivity contribution in [1.82, 2.24) is 14.3 Å². The second-order valence-corrected chi connectivity index (χ2v) is 12.4. The van der Waals surface area contributed by atoms with Crippen LogP contribution in [0.25, 0.3) is 0 Å². The van der Waals surface area contributed by atoms with E-state index in [9.17, 15) is 14.7 Å². The van der Waals surface area contributed by atoms with Gasteiger partial charge < -0.3 is 14.7 Å². The fourth-order valence-corrected chi connectivity index (χ4v) is 8.30. The third-order valence-corrected chi connectivity index (χ3v) is 10.4. The first kappa shape index (κ1) is 26.0. The number of benzene rings is 1. The van der Waals surface area contributed by atoms with Gasteiger partial charge in [-0.25, -0.2) is 19.1 Å². The summed E-state index contributed by atoms with van der Waals surface area (Å²) < 4.78 is 5.09. The van der Waals surface area contributed by atoms with Crippen LogP contribution in [-0.4, -0.2) is 89.6 Å². The molecular weight excluding hydrogens is 480 g/mol. The number of hydrogen-bond acceptors (Lipinski definition) is 7. The number of quaternary nitrogens is 1. The molecule has 4 heterocycles. The van der Waals surface area contributed by atoms with E-state index in [-0.39, 0.29) is 29.3 Å². The molecule has 4 fully saturated rings. The molecule has 3 saturated heterocycles. The Hall–Kier alpha value is -2.29. The largest absolute Gasteiger partial charge is 0.467 e. The number of piperidine rings is 1. The van der Waals surface area contributed by atoms with E-state index in [0.717, 1.165) is 24.2 Å². The van der Waals surface area contributed by atoms with Crippen LogP contribution in [-0.2, 0) is 14.3 Å². The Kier molecular flexibility index (Phi) is 6.85. The van der Waals surface area contributed by atoms with Crippen LogP contribution < -0.4 is 4.48 Å². The average Bonchev–Trinajstić information content (AvgIpc) is 3.49. The van der Waals surface area contributed by atoms with Gasteiger partial charge in [-0.2, -0.15) is 0 Å². The average molecular weight is 524 g/mol. The minimum absolute atomic E-state index is 0.0439. The highest BCUT2D eigenvalue weighted by Crippen LogP contribution is 2.50. The van der Waals surface area contributed by atoms with E-state index in [4.69, 9.17) is 9.73 Å². The molecule has 5 aliphatic rings. The number of ether oxygens (including phenoxy) is 1. The summed E-state index contributed by atoms with van der Waals surface area (Å²) in [5.41, 5.74) is 0.362. The molecule has 1 aliphatic carbocycles. The third-order valence-electron chi connectivity index (χ3n) is 10.4. The Morgan fingerprint density at radius 2 is 1.71 bits per heavy atom. The number of carbonyl (C=O) groups is 2. The number of fused-ring (bicyclic) bond motifs is 3. The van der Waals surface area contributed by atoms with E-state index < -0.39 is 11.6 Å². The highest BCUT2D eigenvalue weighted by atomic mass is 16.5. The van der Waals surface area contributed by atoms with E-state index in [1.807, 2.05) is 23.1 Å². The van der Waals surface area contributed by atoms with Crippen molar-refractivity contribution < 1.29 is 19.4 Å². The van der Waals surface area contributed by atoms with Gasteiger partial charge in [-0.05, 0) is 31.7 Å². The van der Waals surface area contributed by atoms with Crippen LogP contribution in [0.1, 0.15) is 77.0 Å². The van der Waals surface area contributed by atoms with Gasteiger partial charge in [0.1, 0.15) is 11.7 Å². The van der Waals surface area contributed by atoms with Gasteiger partial charge in [0.2, 0.25) is 5.84 Å². The summed E-state index contributed by atoms with van der Waals surface area (Å²) in [6.45, 7) is 0.784. The molecule has 38 heavy (non-hydrogen) atoms. The van der Waals surface area contributed by atoms with Crippen LogP contribution in [0, 0.1) is 0 Å². The number of esters is 1. The summed E-state index contributed by atoms with van der Waals surface area (Å²) in [6.07, 6.45) is 13.2. The Bertz CT molecular complexity index is 1110. The lowest BCUT2D eigenvalue weighted by atomic mass is 9.89. The smallest absolute Gasteiger partial charge is 0.386 e. The van der Waals surface area contributed by atoms with Crippen molar-refractivity contribution in [1.29, 1.82) is 0 Å². The zero-order valence-corrected chi connectivity index (χ0v) is 23.0. The fraction of sp³-hybridized carbons (Fsp3) is 0.700. The van der Waals surface area contributed by atoms with Gasteiger partial charge in [0, 0.05) is 50.5 Å². The van der Waals surface area contributed by atoms with Crippen molar-refractivity contribution in [2.75, 3.05) is 27.2 Å². The molecule has 6 rings (SSSR count). The number of methoxy groups -OCH3 is 1. The monoisotopic (exact) mass is 523 g/mol.